The summed E-state index contributed by atoms with van der Waals surface area (Å²) in [7, 11) is 0. The van der Waals surface area contributed by atoms with Gasteiger partial charge in [0.2, 0.25) is 11.8 Å². The van der Waals surface area contributed by atoms with Crippen LogP contribution in [0.2, 0.25) is 5.02 Å². The minimum Gasteiger partial charge on any atom is -0.335 e. The number of benzene rings is 1. The van der Waals surface area contributed by atoms with Crippen molar-refractivity contribution in [3.63, 3.8) is 0 Å². The highest BCUT2D eigenvalue weighted by Crippen LogP contribution is 2.28. The Balaban J connectivity index is 2.02. The van der Waals surface area contributed by atoms with E-state index < -0.39 is 5.41 Å². The van der Waals surface area contributed by atoms with Crippen LogP contribution in [0.25, 0.3) is 0 Å². The molecule has 1 heterocycles. The Kier molecular flexibility index (Phi) is 6.24. The van der Waals surface area contributed by atoms with Gasteiger partial charge < -0.3 is 15.5 Å². The van der Waals surface area contributed by atoms with Crippen molar-refractivity contribution >= 4 is 23.4 Å². The lowest BCUT2D eigenvalue weighted by atomic mass is 9.80. The summed E-state index contributed by atoms with van der Waals surface area (Å²) in [6.45, 7) is 6.00. The largest absolute Gasteiger partial charge is 0.335 e. The zero-order chi connectivity index (χ0) is 17.7. The van der Waals surface area contributed by atoms with Crippen LogP contribution in [0.5, 0.6) is 0 Å². The van der Waals surface area contributed by atoms with Gasteiger partial charge in [0, 0.05) is 31.2 Å². The van der Waals surface area contributed by atoms with Crippen LogP contribution in [0.3, 0.4) is 0 Å². The summed E-state index contributed by atoms with van der Waals surface area (Å²) in [5, 5.41) is 0.660. The van der Waals surface area contributed by atoms with Crippen LogP contribution < -0.4 is 5.73 Å². The minimum atomic E-state index is -0.546. The van der Waals surface area contributed by atoms with E-state index in [4.69, 9.17) is 17.3 Å². The van der Waals surface area contributed by atoms with Gasteiger partial charge >= 0.3 is 0 Å². The highest BCUT2D eigenvalue weighted by molar-refractivity contribution is 6.30. The molecule has 1 aromatic rings. The standard InChI is InChI=1S/C18H26ClN3O2/c1-3-18(4-2,13-20)17(24)22-9-8-21(16(23)12-22)11-14-6-5-7-15(19)10-14/h5-7,10H,3-4,8-9,11-13,20H2,1-2H3. The van der Waals surface area contributed by atoms with Crippen LogP contribution in [-0.4, -0.2) is 47.8 Å². The highest BCUT2D eigenvalue weighted by atomic mass is 35.5. The van der Waals surface area contributed by atoms with E-state index in [0.29, 0.717) is 44.0 Å². The van der Waals surface area contributed by atoms with Crippen molar-refractivity contribution in [2.45, 2.75) is 33.2 Å². The summed E-state index contributed by atoms with van der Waals surface area (Å²) in [6, 6.07) is 7.50. The van der Waals surface area contributed by atoms with Crippen molar-refractivity contribution in [2.75, 3.05) is 26.2 Å². The smallest absolute Gasteiger partial charge is 0.242 e. The molecule has 1 aliphatic heterocycles. The molecule has 0 atom stereocenters. The maximum atomic E-state index is 12.8. The third-order valence-electron chi connectivity index (χ3n) is 5.07. The third kappa shape index (κ3) is 3.90. The van der Waals surface area contributed by atoms with Gasteiger partial charge in [-0.25, -0.2) is 0 Å². The molecule has 0 saturated carbocycles. The van der Waals surface area contributed by atoms with Gasteiger partial charge in [-0.3, -0.25) is 9.59 Å². The molecule has 0 spiro atoms. The molecule has 1 fully saturated rings. The molecule has 0 bridgehead atoms. The quantitative estimate of drug-likeness (QED) is 0.855. The van der Waals surface area contributed by atoms with Gasteiger partial charge in [0.05, 0.1) is 12.0 Å². The number of hydrogen-bond donors (Lipinski definition) is 1. The fourth-order valence-corrected chi connectivity index (χ4v) is 3.38. The number of nitrogens with two attached hydrogens (primary N) is 1. The monoisotopic (exact) mass is 351 g/mol. The Bertz CT molecular complexity index is 593. The van der Waals surface area contributed by atoms with Crippen LogP contribution >= 0.6 is 11.6 Å². The van der Waals surface area contributed by atoms with Gasteiger partial charge in [-0.1, -0.05) is 37.6 Å². The SMILES string of the molecule is CCC(CC)(CN)C(=O)N1CCN(Cc2cccc(Cl)c2)C(=O)C1. The molecule has 0 radical (unpaired) electrons. The van der Waals surface area contributed by atoms with Gasteiger partial charge in [-0.2, -0.15) is 0 Å². The Labute approximate surface area is 148 Å². The first-order valence-electron chi connectivity index (χ1n) is 8.47. The normalized spacial score (nSPS) is 15.8. The molecule has 2 amide bonds. The van der Waals surface area contributed by atoms with Crippen molar-refractivity contribution in [3.8, 4) is 0 Å². The summed E-state index contributed by atoms with van der Waals surface area (Å²) in [5.41, 5.74) is 6.31. The number of carbonyl (C=O) groups is 2. The number of carbonyl (C=O) groups excluding carboxylic acids is 2. The Morgan fingerprint density at radius 1 is 1.29 bits per heavy atom. The molecule has 1 aliphatic rings. The van der Waals surface area contributed by atoms with Gasteiger partial charge in [-0.05, 0) is 30.5 Å². The fourth-order valence-electron chi connectivity index (χ4n) is 3.17. The second-order valence-electron chi connectivity index (χ2n) is 6.36. The van der Waals surface area contributed by atoms with Crippen molar-refractivity contribution in [1.29, 1.82) is 0 Å². The topological polar surface area (TPSA) is 66.6 Å². The van der Waals surface area contributed by atoms with E-state index in [9.17, 15) is 9.59 Å². The molecule has 2 N–H and O–H groups in total. The fraction of sp³-hybridized carbons (Fsp3) is 0.556. The van der Waals surface area contributed by atoms with Crippen LogP contribution in [0.4, 0.5) is 0 Å². The van der Waals surface area contributed by atoms with E-state index in [1.54, 1.807) is 9.80 Å². The number of amides is 2. The average Bonchev–Trinajstić information content (AvgIpc) is 2.58. The first kappa shape index (κ1) is 18.7. The lowest BCUT2D eigenvalue weighted by Crippen LogP contribution is -2.56. The lowest BCUT2D eigenvalue weighted by Gasteiger charge is -2.40. The summed E-state index contributed by atoms with van der Waals surface area (Å²) >= 11 is 5.99. The van der Waals surface area contributed by atoms with Gasteiger partial charge in [0.25, 0.3) is 0 Å². The van der Waals surface area contributed by atoms with Gasteiger partial charge in [-0.15, -0.1) is 0 Å². The molecule has 1 saturated heterocycles. The first-order valence-corrected chi connectivity index (χ1v) is 8.85. The van der Waals surface area contributed by atoms with Crippen LogP contribution in [0, 0.1) is 5.41 Å². The Morgan fingerprint density at radius 3 is 2.54 bits per heavy atom. The zero-order valence-electron chi connectivity index (χ0n) is 14.4. The Hall–Kier alpha value is -1.59. The predicted octanol–water partition coefficient (Wildman–Crippen LogP) is 2.28. The minimum absolute atomic E-state index is 0.00533. The van der Waals surface area contributed by atoms with E-state index in [0.717, 1.165) is 5.56 Å². The van der Waals surface area contributed by atoms with E-state index in [1.807, 2.05) is 38.1 Å². The molecule has 0 aliphatic carbocycles. The number of halogens is 1. The third-order valence-corrected chi connectivity index (χ3v) is 5.30. The molecular weight excluding hydrogens is 326 g/mol. The summed E-state index contributed by atoms with van der Waals surface area (Å²) in [6.07, 6.45) is 1.38. The highest BCUT2D eigenvalue weighted by Gasteiger charge is 2.39. The van der Waals surface area contributed by atoms with Crippen molar-refractivity contribution < 1.29 is 9.59 Å². The summed E-state index contributed by atoms with van der Waals surface area (Å²) in [4.78, 5) is 28.7. The van der Waals surface area contributed by atoms with E-state index in [2.05, 4.69) is 0 Å². The average molecular weight is 352 g/mol. The maximum absolute atomic E-state index is 12.8. The molecule has 132 valence electrons. The second kappa shape index (κ2) is 7.99. The van der Waals surface area contributed by atoms with Crippen molar-refractivity contribution in [2.24, 2.45) is 11.1 Å². The maximum Gasteiger partial charge on any atom is 0.242 e. The van der Waals surface area contributed by atoms with E-state index >= 15 is 0 Å². The molecule has 5 nitrogen and oxygen atoms in total. The molecule has 1 aromatic carbocycles. The second-order valence-corrected chi connectivity index (χ2v) is 6.80. The molecular formula is C18H26ClN3O2. The van der Waals surface area contributed by atoms with Crippen LogP contribution in [0.15, 0.2) is 24.3 Å². The predicted molar refractivity (Wildman–Crippen MR) is 95.5 cm³/mol. The number of hydrogen-bond acceptors (Lipinski definition) is 3. The summed E-state index contributed by atoms with van der Waals surface area (Å²) in [5.74, 6) is -0.0292. The van der Waals surface area contributed by atoms with E-state index in [-0.39, 0.29) is 18.4 Å². The number of rotatable bonds is 6. The molecule has 0 unspecified atom stereocenters. The lowest BCUT2D eigenvalue weighted by molar-refractivity contribution is -0.152. The Morgan fingerprint density at radius 2 is 2.00 bits per heavy atom. The van der Waals surface area contributed by atoms with Gasteiger partial charge in [0.15, 0.2) is 0 Å². The van der Waals surface area contributed by atoms with Crippen LogP contribution in [-0.2, 0) is 16.1 Å². The van der Waals surface area contributed by atoms with Crippen molar-refractivity contribution in [1.82, 2.24) is 9.80 Å². The zero-order valence-corrected chi connectivity index (χ0v) is 15.2. The number of nitrogens with zero attached hydrogens (tertiary/aromatic N) is 2. The molecule has 2 rings (SSSR count). The van der Waals surface area contributed by atoms with Crippen molar-refractivity contribution in [3.05, 3.63) is 34.9 Å². The van der Waals surface area contributed by atoms with Gasteiger partial charge in [0.1, 0.15) is 0 Å². The number of piperazine rings is 1. The van der Waals surface area contributed by atoms with E-state index in [1.165, 1.54) is 0 Å². The summed E-state index contributed by atoms with van der Waals surface area (Å²) < 4.78 is 0. The molecule has 24 heavy (non-hydrogen) atoms. The van der Waals surface area contributed by atoms with Crippen LogP contribution in [0.1, 0.15) is 32.3 Å². The molecule has 6 heteroatoms. The molecule has 0 aromatic heterocycles. The first-order chi connectivity index (χ1) is 11.5.